The lowest BCUT2D eigenvalue weighted by Crippen LogP contribution is -1.86. The highest BCUT2D eigenvalue weighted by molar-refractivity contribution is 7.83. The summed E-state index contributed by atoms with van der Waals surface area (Å²) in [5.41, 5.74) is 1.31. The maximum atomic E-state index is 5.36. The molecule has 0 aliphatic carbocycles. The quantitative estimate of drug-likeness (QED) is 0.764. The Balaban J connectivity index is 2.72. The summed E-state index contributed by atoms with van der Waals surface area (Å²) in [4.78, 5) is 0. The van der Waals surface area contributed by atoms with Gasteiger partial charge in [-0.1, -0.05) is 6.92 Å². The van der Waals surface area contributed by atoms with Crippen LogP contribution in [-0.4, -0.2) is 7.11 Å². The Bertz CT molecular complexity index is 460. The minimum Gasteiger partial charge on any atom is -0.496 e. The number of methoxy groups -OCH3 is 1. The maximum absolute atomic E-state index is 5.36. The van der Waals surface area contributed by atoms with Crippen LogP contribution in [0.25, 0.3) is 10.1 Å². The molecule has 0 saturated carbocycles. The largest absolute Gasteiger partial charge is 0.496 e. The van der Waals surface area contributed by atoms with E-state index >= 15 is 0 Å². The number of benzene rings is 1. The Morgan fingerprint density at radius 2 is 2.14 bits per heavy atom. The van der Waals surface area contributed by atoms with E-state index in [4.69, 9.17) is 4.74 Å². The molecule has 0 atom stereocenters. The van der Waals surface area contributed by atoms with Gasteiger partial charge in [-0.3, -0.25) is 0 Å². The van der Waals surface area contributed by atoms with Gasteiger partial charge in [0.25, 0.3) is 0 Å². The van der Waals surface area contributed by atoms with Gasteiger partial charge in [-0.25, -0.2) is 0 Å². The van der Waals surface area contributed by atoms with Crippen molar-refractivity contribution in [2.75, 3.05) is 7.11 Å². The number of hydrogen-bond acceptors (Lipinski definition) is 3. The molecule has 0 spiro atoms. The molecule has 0 N–H and O–H groups in total. The number of aryl methyl sites for hydroxylation is 1. The van der Waals surface area contributed by atoms with Gasteiger partial charge < -0.3 is 4.74 Å². The lowest BCUT2D eigenvalue weighted by Gasteiger charge is -2.04. The zero-order valence-electron chi connectivity index (χ0n) is 8.20. The second-order valence-corrected chi connectivity index (χ2v) is 5.02. The number of rotatable bonds is 2. The number of hydrogen-bond donors (Lipinski definition) is 1. The third-order valence-corrected chi connectivity index (χ3v) is 3.56. The van der Waals surface area contributed by atoms with Crippen LogP contribution in [0.5, 0.6) is 5.75 Å². The summed E-state index contributed by atoms with van der Waals surface area (Å²) in [6.45, 7) is 2.15. The van der Waals surface area contributed by atoms with Crippen molar-refractivity contribution in [1.82, 2.24) is 0 Å². The van der Waals surface area contributed by atoms with Crippen molar-refractivity contribution in [2.45, 2.75) is 17.6 Å². The topological polar surface area (TPSA) is 9.23 Å². The van der Waals surface area contributed by atoms with Gasteiger partial charge in [0.2, 0.25) is 0 Å². The van der Waals surface area contributed by atoms with Crippen LogP contribution in [0.15, 0.2) is 22.4 Å². The molecule has 0 aliphatic heterocycles. The first-order valence-corrected chi connectivity index (χ1v) is 5.80. The van der Waals surface area contributed by atoms with Gasteiger partial charge in [-0.2, -0.15) is 0 Å². The maximum Gasteiger partial charge on any atom is 0.127 e. The van der Waals surface area contributed by atoms with Crippen LogP contribution in [0.4, 0.5) is 0 Å². The monoisotopic (exact) mass is 224 g/mol. The van der Waals surface area contributed by atoms with Crippen LogP contribution in [0, 0.1) is 0 Å². The van der Waals surface area contributed by atoms with E-state index in [0.717, 1.165) is 16.4 Å². The van der Waals surface area contributed by atoms with E-state index < -0.39 is 0 Å². The molecular formula is C11H12OS2. The summed E-state index contributed by atoms with van der Waals surface area (Å²) in [6.07, 6.45) is 1.03. The van der Waals surface area contributed by atoms with Crippen molar-refractivity contribution in [1.29, 1.82) is 0 Å². The molecule has 0 bridgehead atoms. The molecule has 1 heterocycles. The molecule has 14 heavy (non-hydrogen) atoms. The van der Waals surface area contributed by atoms with Gasteiger partial charge >= 0.3 is 0 Å². The molecular weight excluding hydrogens is 212 g/mol. The zero-order chi connectivity index (χ0) is 10.1. The Morgan fingerprint density at radius 1 is 1.36 bits per heavy atom. The van der Waals surface area contributed by atoms with Gasteiger partial charge in [0.1, 0.15) is 5.75 Å². The fraction of sp³-hybridized carbons (Fsp3) is 0.273. The predicted octanol–water partition coefficient (Wildman–Crippen LogP) is 3.76. The Hall–Kier alpha value is -0.670. The Labute approximate surface area is 93.1 Å². The highest BCUT2D eigenvalue weighted by Crippen LogP contribution is 2.35. The fourth-order valence-electron chi connectivity index (χ4n) is 1.52. The summed E-state index contributed by atoms with van der Waals surface area (Å²) >= 11 is 6.05. The van der Waals surface area contributed by atoms with Gasteiger partial charge in [0, 0.05) is 10.1 Å². The van der Waals surface area contributed by atoms with E-state index in [1.807, 2.05) is 0 Å². The van der Waals surface area contributed by atoms with E-state index in [1.54, 1.807) is 18.4 Å². The Morgan fingerprint density at radius 3 is 2.79 bits per heavy atom. The van der Waals surface area contributed by atoms with Crippen molar-refractivity contribution in [3.8, 4) is 5.75 Å². The standard InChI is InChI=1S/C11H12OS2/c1-3-7-4-9(12-2)8-6-11(13)14-10(8)5-7/h4-6,13H,3H2,1-2H3. The van der Waals surface area contributed by atoms with Crippen molar-refractivity contribution in [3.63, 3.8) is 0 Å². The van der Waals surface area contributed by atoms with E-state index in [9.17, 15) is 0 Å². The van der Waals surface area contributed by atoms with Gasteiger partial charge in [0.15, 0.2) is 0 Å². The highest BCUT2D eigenvalue weighted by atomic mass is 32.2. The molecule has 1 aromatic heterocycles. The minimum absolute atomic E-state index is 0.955. The van der Waals surface area contributed by atoms with Crippen LogP contribution >= 0.6 is 24.0 Å². The summed E-state index contributed by atoms with van der Waals surface area (Å²) in [5, 5.41) is 1.17. The molecule has 3 heteroatoms. The van der Waals surface area contributed by atoms with Crippen molar-refractivity contribution >= 4 is 34.1 Å². The van der Waals surface area contributed by atoms with Crippen LogP contribution in [0.3, 0.4) is 0 Å². The molecule has 0 radical (unpaired) electrons. The van der Waals surface area contributed by atoms with E-state index in [1.165, 1.54) is 15.6 Å². The summed E-state index contributed by atoms with van der Waals surface area (Å²) in [6, 6.07) is 6.37. The van der Waals surface area contributed by atoms with Gasteiger partial charge in [0.05, 0.1) is 11.3 Å². The molecule has 1 nitrogen and oxygen atoms in total. The molecule has 0 fully saturated rings. The van der Waals surface area contributed by atoms with Crippen LogP contribution in [-0.2, 0) is 6.42 Å². The second kappa shape index (κ2) is 3.83. The minimum atomic E-state index is 0.955. The smallest absolute Gasteiger partial charge is 0.127 e. The van der Waals surface area contributed by atoms with Crippen molar-refractivity contribution < 1.29 is 4.74 Å². The zero-order valence-corrected chi connectivity index (χ0v) is 9.91. The molecule has 74 valence electrons. The fourth-order valence-corrected chi connectivity index (χ4v) is 2.83. The number of fused-ring (bicyclic) bond motifs is 1. The SMILES string of the molecule is CCc1cc(OC)c2cc(S)sc2c1. The van der Waals surface area contributed by atoms with Gasteiger partial charge in [-0.15, -0.1) is 24.0 Å². The van der Waals surface area contributed by atoms with Crippen molar-refractivity contribution in [2.24, 2.45) is 0 Å². The number of thiophene rings is 1. The first-order valence-electron chi connectivity index (χ1n) is 4.54. The first-order chi connectivity index (χ1) is 6.74. The third-order valence-electron chi connectivity index (χ3n) is 2.27. The predicted molar refractivity (Wildman–Crippen MR) is 65.0 cm³/mol. The van der Waals surface area contributed by atoms with Crippen LogP contribution in [0.1, 0.15) is 12.5 Å². The van der Waals surface area contributed by atoms with Crippen LogP contribution < -0.4 is 4.74 Å². The normalized spacial score (nSPS) is 10.8. The first kappa shape index (κ1) is 9.87. The molecule has 0 amide bonds. The van der Waals surface area contributed by atoms with E-state index in [2.05, 4.69) is 37.8 Å². The average molecular weight is 224 g/mol. The Kier molecular flexibility index (Phi) is 2.70. The third kappa shape index (κ3) is 1.62. The molecule has 0 unspecified atom stereocenters. The molecule has 1 aromatic carbocycles. The molecule has 2 rings (SSSR count). The second-order valence-electron chi connectivity index (χ2n) is 3.15. The van der Waals surface area contributed by atoms with Crippen molar-refractivity contribution in [3.05, 3.63) is 23.8 Å². The van der Waals surface area contributed by atoms with E-state index in [0.29, 0.717) is 0 Å². The lowest BCUT2D eigenvalue weighted by atomic mass is 10.1. The number of ether oxygens (including phenoxy) is 1. The lowest BCUT2D eigenvalue weighted by molar-refractivity contribution is 0.419. The molecule has 2 aromatic rings. The highest BCUT2D eigenvalue weighted by Gasteiger charge is 2.06. The van der Waals surface area contributed by atoms with E-state index in [-0.39, 0.29) is 0 Å². The molecule has 0 aliphatic rings. The number of thiol groups is 1. The molecule has 0 saturated heterocycles. The average Bonchev–Trinajstić information content (AvgIpc) is 2.56. The van der Waals surface area contributed by atoms with Crippen LogP contribution in [0.2, 0.25) is 0 Å². The summed E-state index contributed by atoms with van der Waals surface area (Å²) in [5.74, 6) is 0.955. The summed E-state index contributed by atoms with van der Waals surface area (Å²) in [7, 11) is 1.71. The van der Waals surface area contributed by atoms with Gasteiger partial charge in [-0.05, 0) is 30.2 Å². The summed E-state index contributed by atoms with van der Waals surface area (Å²) < 4.78 is 7.65.